The molecule has 7 nitrogen and oxygen atoms in total. The third kappa shape index (κ3) is 3.07. The van der Waals surface area contributed by atoms with Crippen LogP contribution in [0.4, 0.5) is 18.9 Å². The van der Waals surface area contributed by atoms with E-state index in [1.807, 2.05) is 0 Å². The molecule has 1 aromatic carbocycles. The van der Waals surface area contributed by atoms with Gasteiger partial charge in [-0.1, -0.05) is 6.07 Å². The molecular weight excluding hydrogens is 311 g/mol. The van der Waals surface area contributed by atoms with Gasteiger partial charge in [0.2, 0.25) is 5.16 Å². The number of nitrogens with two attached hydrogens (primary N) is 1. The Labute approximate surface area is 120 Å². The Kier molecular flexibility index (Phi) is 3.77. The maximum atomic E-state index is 12.6. The molecule has 2 rings (SSSR count). The van der Waals surface area contributed by atoms with Crippen LogP contribution in [-0.4, -0.2) is 19.8 Å². The SMILES string of the molecule is Cc1ccc([N+](=O)[O-])c(Sc2nnc(C(F)(F)F)n2N)c1. The number of aryl methyl sites for hydroxylation is 1. The van der Waals surface area contributed by atoms with E-state index in [9.17, 15) is 23.3 Å². The Balaban J connectivity index is 2.42. The first kappa shape index (κ1) is 15.1. The van der Waals surface area contributed by atoms with Gasteiger partial charge in [-0.25, -0.2) is 4.68 Å². The Bertz CT molecular complexity index is 700. The van der Waals surface area contributed by atoms with Crippen molar-refractivity contribution in [2.45, 2.75) is 23.2 Å². The lowest BCUT2D eigenvalue weighted by molar-refractivity contribution is -0.387. The third-order valence-electron chi connectivity index (χ3n) is 2.43. The van der Waals surface area contributed by atoms with Crippen molar-refractivity contribution in [1.29, 1.82) is 0 Å². The Hall–Kier alpha value is -2.30. The normalized spacial score (nSPS) is 11.6. The first-order valence-electron chi connectivity index (χ1n) is 5.40. The minimum Gasteiger partial charge on any atom is -0.335 e. The fraction of sp³-hybridized carbons (Fsp3) is 0.200. The molecule has 2 aromatic rings. The highest BCUT2D eigenvalue weighted by molar-refractivity contribution is 7.99. The van der Waals surface area contributed by atoms with Gasteiger partial charge in [0.1, 0.15) is 0 Å². The summed E-state index contributed by atoms with van der Waals surface area (Å²) in [5, 5.41) is 16.9. The number of hydrogen-bond acceptors (Lipinski definition) is 6. The number of rotatable bonds is 3. The van der Waals surface area contributed by atoms with E-state index in [-0.39, 0.29) is 20.4 Å². The van der Waals surface area contributed by atoms with Gasteiger partial charge in [0.05, 0.1) is 9.82 Å². The molecule has 0 bridgehead atoms. The predicted molar refractivity (Wildman–Crippen MR) is 67.1 cm³/mol. The smallest absolute Gasteiger partial charge is 0.335 e. The van der Waals surface area contributed by atoms with Crippen LogP contribution in [0, 0.1) is 17.0 Å². The van der Waals surface area contributed by atoms with E-state index >= 15 is 0 Å². The summed E-state index contributed by atoms with van der Waals surface area (Å²) in [4.78, 5) is 10.4. The van der Waals surface area contributed by atoms with E-state index in [0.717, 1.165) is 0 Å². The Morgan fingerprint density at radius 2 is 2.05 bits per heavy atom. The summed E-state index contributed by atoms with van der Waals surface area (Å²) in [6.45, 7) is 1.70. The van der Waals surface area contributed by atoms with Crippen molar-refractivity contribution < 1.29 is 18.1 Å². The van der Waals surface area contributed by atoms with Crippen molar-refractivity contribution in [1.82, 2.24) is 14.9 Å². The molecule has 0 saturated carbocycles. The van der Waals surface area contributed by atoms with Crippen LogP contribution in [-0.2, 0) is 6.18 Å². The molecule has 0 aliphatic carbocycles. The molecule has 1 aromatic heterocycles. The Morgan fingerprint density at radius 3 is 2.57 bits per heavy atom. The summed E-state index contributed by atoms with van der Waals surface area (Å²) >= 11 is 0.643. The van der Waals surface area contributed by atoms with Gasteiger partial charge < -0.3 is 5.84 Å². The van der Waals surface area contributed by atoms with Crippen molar-refractivity contribution in [3.05, 3.63) is 39.7 Å². The van der Waals surface area contributed by atoms with Crippen molar-refractivity contribution in [2.75, 3.05) is 5.84 Å². The van der Waals surface area contributed by atoms with E-state index in [4.69, 9.17) is 5.84 Å². The zero-order valence-corrected chi connectivity index (χ0v) is 11.3. The summed E-state index contributed by atoms with van der Waals surface area (Å²) in [7, 11) is 0. The van der Waals surface area contributed by atoms with Crippen LogP contribution in [0.2, 0.25) is 0 Å². The fourth-order valence-corrected chi connectivity index (χ4v) is 2.45. The number of nitrogen functional groups attached to an aromatic ring is 1. The summed E-state index contributed by atoms with van der Waals surface area (Å²) in [5.41, 5.74) is 0.462. The molecule has 0 fully saturated rings. The van der Waals surface area contributed by atoms with Gasteiger partial charge in [-0.05, 0) is 30.3 Å². The van der Waals surface area contributed by atoms with E-state index < -0.39 is 16.9 Å². The van der Waals surface area contributed by atoms with Gasteiger partial charge in [-0.3, -0.25) is 10.1 Å². The summed E-state index contributed by atoms with van der Waals surface area (Å²) in [6.07, 6.45) is -4.75. The van der Waals surface area contributed by atoms with Crippen molar-refractivity contribution in [3.63, 3.8) is 0 Å². The molecule has 0 spiro atoms. The van der Waals surface area contributed by atoms with Crippen LogP contribution >= 0.6 is 11.8 Å². The second-order valence-corrected chi connectivity index (χ2v) is 5.01. The largest absolute Gasteiger partial charge is 0.453 e. The predicted octanol–water partition coefficient (Wildman–Crippen LogP) is 2.38. The lowest BCUT2D eigenvalue weighted by atomic mass is 10.2. The second kappa shape index (κ2) is 5.24. The summed E-state index contributed by atoms with van der Waals surface area (Å²) < 4.78 is 37.9. The van der Waals surface area contributed by atoms with E-state index in [1.54, 1.807) is 6.92 Å². The summed E-state index contributed by atoms with van der Waals surface area (Å²) in [5.74, 6) is 3.91. The van der Waals surface area contributed by atoms with Gasteiger partial charge in [0.15, 0.2) is 0 Å². The molecule has 21 heavy (non-hydrogen) atoms. The maximum Gasteiger partial charge on any atom is 0.453 e. The number of halogens is 3. The van der Waals surface area contributed by atoms with Crippen LogP contribution < -0.4 is 5.84 Å². The molecule has 0 radical (unpaired) electrons. The third-order valence-corrected chi connectivity index (χ3v) is 3.44. The zero-order chi connectivity index (χ0) is 15.8. The van der Waals surface area contributed by atoms with E-state index in [1.165, 1.54) is 18.2 Å². The molecule has 0 saturated heterocycles. The quantitative estimate of drug-likeness (QED) is 0.529. The molecule has 0 unspecified atom stereocenters. The average Bonchev–Trinajstić information content (AvgIpc) is 2.70. The molecule has 0 atom stereocenters. The van der Waals surface area contributed by atoms with Crippen LogP contribution in [0.5, 0.6) is 0 Å². The number of nitro groups is 1. The lowest BCUT2D eigenvalue weighted by Crippen LogP contribution is -2.21. The molecule has 112 valence electrons. The minimum atomic E-state index is -4.75. The number of aromatic nitrogens is 3. The number of benzene rings is 1. The fourth-order valence-electron chi connectivity index (χ4n) is 1.49. The van der Waals surface area contributed by atoms with Gasteiger partial charge in [-0.2, -0.15) is 13.2 Å². The zero-order valence-electron chi connectivity index (χ0n) is 10.5. The highest BCUT2D eigenvalue weighted by Gasteiger charge is 2.38. The van der Waals surface area contributed by atoms with E-state index in [0.29, 0.717) is 17.3 Å². The van der Waals surface area contributed by atoms with E-state index in [2.05, 4.69) is 10.2 Å². The van der Waals surface area contributed by atoms with Crippen LogP contribution in [0.1, 0.15) is 11.4 Å². The Morgan fingerprint density at radius 1 is 1.38 bits per heavy atom. The second-order valence-electron chi connectivity index (χ2n) is 4.00. The number of nitrogens with zero attached hydrogens (tertiary/aromatic N) is 4. The molecule has 2 N–H and O–H groups in total. The monoisotopic (exact) mass is 319 g/mol. The number of nitro benzene ring substituents is 1. The molecular formula is C10H8F3N5O2S. The molecule has 0 amide bonds. The van der Waals surface area contributed by atoms with Crippen molar-refractivity contribution >= 4 is 17.4 Å². The van der Waals surface area contributed by atoms with Crippen LogP contribution in [0.15, 0.2) is 28.3 Å². The minimum absolute atomic E-state index is 0.132. The highest BCUT2D eigenvalue weighted by Crippen LogP contribution is 2.36. The average molecular weight is 319 g/mol. The standard InChI is InChI=1S/C10H8F3N5O2S/c1-5-2-3-6(18(19)20)7(4-5)21-9-16-15-8(17(9)14)10(11,12)13/h2-4H,14H2,1H3. The number of alkyl halides is 3. The molecule has 0 aliphatic rings. The van der Waals surface area contributed by atoms with Crippen LogP contribution in [0.3, 0.4) is 0 Å². The van der Waals surface area contributed by atoms with Gasteiger partial charge in [0, 0.05) is 6.07 Å². The first-order valence-corrected chi connectivity index (χ1v) is 6.22. The maximum absolute atomic E-state index is 12.6. The first-order chi connectivity index (χ1) is 9.70. The van der Waals surface area contributed by atoms with Gasteiger partial charge in [0.25, 0.3) is 11.5 Å². The highest BCUT2D eigenvalue weighted by atomic mass is 32.2. The number of hydrogen-bond donors (Lipinski definition) is 1. The molecule has 11 heteroatoms. The van der Waals surface area contributed by atoms with Gasteiger partial charge in [-0.15, -0.1) is 10.2 Å². The van der Waals surface area contributed by atoms with Crippen molar-refractivity contribution in [2.24, 2.45) is 0 Å². The summed E-state index contributed by atoms with van der Waals surface area (Å²) in [6, 6.07) is 4.25. The van der Waals surface area contributed by atoms with Crippen LogP contribution in [0.25, 0.3) is 0 Å². The topological polar surface area (TPSA) is 99.9 Å². The molecule has 1 heterocycles. The van der Waals surface area contributed by atoms with Gasteiger partial charge >= 0.3 is 6.18 Å². The van der Waals surface area contributed by atoms with Crippen molar-refractivity contribution in [3.8, 4) is 0 Å². The lowest BCUT2D eigenvalue weighted by Gasteiger charge is -2.06. The molecule has 0 aliphatic heterocycles.